The van der Waals surface area contributed by atoms with Gasteiger partial charge in [-0.25, -0.2) is 8.42 Å². The summed E-state index contributed by atoms with van der Waals surface area (Å²) in [6, 6.07) is 19.3. The number of sulfonamides is 1. The number of hydrogen-bond acceptors (Lipinski definition) is 5. The van der Waals surface area contributed by atoms with Gasteiger partial charge in [-0.3, -0.25) is 9.10 Å². The molecule has 0 unspecified atom stereocenters. The van der Waals surface area contributed by atoms with Gasteiger partial charge >= 0.3 is 0 Å². The fraction of sp³-hybridized carbons (Fsp3) is 0.208. The lowest BCUT2D eigenvalue weighted by Crippen LogP contribution is -2.38. The third-order valence-electron chi connectivity index (χ3n) is 4.53. The largest absolute Gasteiger partial charge is 0.495 e. The second-order valence-corrected chi connectivity index (χ2v) is 9.66. The summed E-state index contributed by atoms with van der Waals surface area (Å²) in [5, 5.41) is 2.96. The Morgan fingerprint density at radius 3 is 2.39 bits per heavy atom. The summed E-state index contributed by atoms with van der Waals surface area (Å²) in [7, 11) is -2.59. The lowest BCUT2D eigenvalue weighted by Gasteiger charge is -2.24. The van der Waals surface area contributed by atoms with Crippen molar-refractivity contribution in [3.63, 3.8) is 0 Å². The first-order chi connectivity index (χ1) is 15.7. The molecule has 0 aliphatic rings. The van der Waals surface area contributed by atoms with Crippen molar-refractivity contribution in [1.29, 1.82) is 0 Å². The number of methoxy groups -OCH3 is 1. The van der Waals surface area contributed by atoms with E-state index in [4.69, 9.17) is 21.1 Å². The molecular formula is C24H25ClN2O5S. The number of amides is 1. The molecule has 33 heavy (non-hydrogen) atoms. The third-order valence-corrected chi connectivity index (χ3v) is 6.61. The molecule has 0 saturated heterocycles. The van der Waals surface area contributed by atoms with Gasteiger partial charge in [-0.2, -0.15) is 0 Å². The Kier molecular flexibility index (Phi) is 7.84. The summed E-state index contributed by atoms with van der Waals surface area (Å²) in [5.74, 6) is 0.463. The summed E-state index contributed by atoms with van der Waals surface area (Å²) in [6.07, 6.45) is -0.0257. The Morgan fingerprint density at radius 1 is 1.03 bits per heavy atom. The summed E-state index contributed by atoms with van der Waals surface area (Å²) < 4.78 is 38.6. The monoisotopic (exact) mass is 488 g/mol. The minimum atomic E-state index is -4.05. The van der Waals surface area contributed by atoms with E-state index in [1.165, 1.54) is 31.4 Å². The Bertz CT molecular complexity index is 1220. The van der Waals surface area contributed by atoms with Crippen molar-refractivity contribution >= 4 is 38.9 Å². The Labute approximate surface area is 198 Å². The van der Waals surface area contributed by atoms with Gasteiger partial charge in [0.25, 0.3) is 10.0 Å². The zero-order valence-electron chi connectivity index (χ0n) is 18.5. The summed E-state index contributed by atoms with van der Waals surface area (Å²) >= 11 is 6.23. The molecule has 0 aliphatic carbocycles. The van der Waals surface area contributed by atoms with E-state index in [-0.39, 0.29) is 21.7 Å². The number of hydrogen-bond donors (Lipinski definition) is 1. The molecule has 0 radical (unpaired) electrons. The minimum absolute atomic E-state index is 0.0257. The average Bonchev–Trinajstić information content (AvgIpc) is 2.77. The highest BCUT2D eigenvalue weighted by atomic mass is 35.5. The van der Waals surface area contributed by atoms with Crippen molar-refractivity contribution in [2.24, 2.45) is 0 Å². The molecule has 0 spiro atoms. The van der Waals surface area contributed by atoms with Crippen LogP contribution in [0.3, 0.4) is 0 Å². The van der Waals surface area contributed by atoms with Crippen LogP contribution in [0, 0.1) is 0 Å². The number of benzene rings is 3. The standard InChI is InChI=1S/C24H25ClN2O5S/c1-17(2)32-20-9-7-8-18(14-20)26-24(28)16-27(19-12-13-23(31-3)22(25)15-19)33(29,30)21-10-5-4-6-11-21/h4-15,17H,16H2,1-3H3,(H,26,28). The highest BCUT2D eigenvalue weighted by molar-refractivity contribution is 7.92. The van der Waals surface area contributed by atoms with Crippen LogP contribution in [0.1, 0.15) is 13.8 Å². The number of carbonyl (C=O) groups is 1. The second-order valence-electron chi connectivity index (χ2n) is 7.39. The van der Waals surface area contributed by atoms with Crippen molar-refractivity contribution in [2.75, 3.05) is 23.3 Å². The number of carbonyl (C=O) groups excluding carboxylic acids is 1. The van der Waals surface area contributed by atoms with E-state index in [0.717, 1.165) is 4.31 Å². The van der Waals surface area contributed by atoms with E-state index in [0.29, 0.717) is 17.2 Å². The average molecular weight is 489 g/mol. The molecule has 0 aliphatic heterocycles. The minimum Gasteiger partial charge on any atom is -0.495 e. The second kappa shape index (κ2) is 10.6. The maximum atomic E-state index is 13.4. The SMILES string of the molecule is COc1ccc(N(CC(=O)Nc2cccc(OC(C)C)c2)S(=O)(=O)c2ccccc2)cc1Cl. The number of nitrogens with one attached hydrogen (secondary N) is 1. The first kappa shape index (κ1) is 24.4. The Morgan fingerprint density at radius 2 is 1.76 bits per heavy atom. The van der Waals surface area contributed by atoms with Crippen molar-refractivity contribution in [3.05, 3.63) is 77.8 Å². The van der Waals surface area contributed by atoms with Gasteiger partial charge in [-0.15, -0.1) is 0 Å². The summed E-state index contributed by atoms with van der Waals surface area (Å²) in [4.78, 5) is 13.0. The number of ether oxygens (including phenoxy) is 2. The molecule has 0 atom stereocenters. The van der Waals surface area contributed by atoms with Gasteiger partial charge in [0, 0.05) is 11.8 Å². The van der Waals surface area contributed by atoms with Crippen molar-refractivity contribution in [3.8, 4) is 11.5 Å². The molecule has 0 saturated carbocycles. The number of nitrogens with zero attached hydrogens (tertiary/aromatic N) is 1. The van der Waals surface area contributed by atoms with Gasteiger partial charge in [0.05, 0.1) is 28.8 Å². The van der Waals surface area contributed by atoms with Crippen LogP contribution in [0.2, 0.25) is 5.02 Å². The number of rotatable bonds is 9. The fourth-order valence-corrected chi connectivity index (χ4v) is 4.78. The van der Waals surface area contributed by atoms with Gasteiger partial charge < -0.3 is 14.8 Å². The van der Waals surface area contributed by atoms with Crippen molar-refractivity contribution in [1.82, 2.24) is 0 Å². The fourth-order valence-electron chi connectivity index (χ4n) is 3.10. The smallest absolute Gasteiger partial charge is 0.264 e. The molecule has 1 N–H and O–H groups in total. The first-order valence-electron chi connectivity index (χ1n) is 10.2. The third kappa shape index (κ3) is 6.18. The van der Waals surface area contributed by atoms with E-state index in [9.17, 15) is 13.2 Å². The molecule has 3 rings (SSSR count). The van der Waals surface area contributed by atoms with E-state index >= 15 is 0 Å². The van der Waals surface area contributed by atoms with Crippen LogP contribution in [0.5, 0.6) is 11.5 Å². The molecular weight excluding hydrogens is 464 g/mol. The molecule has 0 fully saturated rings. The zero-order valence-corrected chi connectivity index (χ0v) is 20.1. The van der Waals surface area contributed by atoms with Gasteiger partial charge in [0.15, 0.2) is 0 Å². The molecule has 0 heterocycles. The van der Waals surface area contributed by atoms with Crippen molar-refractivity contribution < 1.29 is 22.7 Å². The molecule has 3 aromatic rings. The van der Waals surface area contributed by atoms with Crippen LogP contribution >= 0.6 is 11.6 Å². The van der Waals surface area contributed by atoms with Crippen LogP contribution in [0.25, 0.3) is 0 Å². The van der Waals surface area contributed by atoms with Crippen LogP contribution in [-0.4, -0.2) is 34.1 Å². The van der Waals surface area contributed by atoms with Crippen LogP contribution in [0.15, 0.2) is 77.7 Å². The molecule has 9 heteroatoms. The van der Waals surface area contributed by atoms with Crippen molar-refractivity contribution in [2.45, 2.75) is 24.8 Å². The predicted molar refractivity (Wildman–Crippen MR) is 130 cm³/mol. The van der Waals surface area contributed by atoms with Gasteiger partial charge in [0.1, 0.15) is 18.0 Å². The number of anilines is 2. The lowest BCUT2D eigenvalue weighted by atomic mass is 10.3. The zero-order chi connectivity index (χ0) is 24.0. The van der Waals surface area contributed by atoms with Gasteiger partial charge in [-0.1, -0.05) is 35.9 Å². The molecule has 7 nitrogen and oxygen atoms in total. The Hall–Kier alpha value is -3.23. The molecule has 3 aromatic carbocycles. The highest BCUT2D eigenvalue weighted by Gasteiger charge is 2.27. The molecule has 174 valence electrons. The Balaban J connectivity index is 1.92. The number of halogens is 1. The van der Waals surface area contributed by atoms with Gasteiger partial charge in [0.2, 0.25) is 5.91 Å². The molecule has 0 aromatic heterocycles. The summed E-state index contributed by atoms with van der Waals surface area (Å²) in [6.45, 7) is 3.34. The predicted octanol–water partition coefficient (Wildman–Crippen LogP) is 4.97. The van der Waals surface area contributed by atoms with Crippen LogP contribution in [0.4, 0.5) is 11.4 Å². The van der Waals surface area contributed by atoms with E-state index in [1.54, 1.807) is 48.5 Å². The topological polar surface area (TPSA) is 84.9 Å². The quantitative estimate of drug-likeness (QED) is 0.459. The first-order valence-corrected chi connectivity index (χ1v) is 12.0. The van der Waals surface area contributed by atoms with E-state index < -0.39 is 22.5 Å². The van der Waals surface area contributed by atoms with Crippen LogP contribution < -0.4 is 19.1 Å². The maximum Gasteiger partial charge on any atom is 0.264 e. The van der Waals surface area contributed by atoms with E-state index in [1.807, 2.05) is 13.8 Å². The normalized spacial score (nSPS) is 11.2. The molecule has 0 bridgehead atoms. The molecule has 1 amide bonds. The van der Waals surface area contributed by atoms with Gasteiger partial charge in [-0.05, 0) is 56.3 Å². The highest BCUT2D eigenvalue weighted by Crippen LogP contribution is 2.32. The van der Waals surface area contributed by atoms with Crippen LogP contribution in [-0.2, 0) is 14.8 Å². The lowest BCUT2D eigenvalue weighted by molar-refractivity contribution is -0.114. The summed E-state index contributed by atoms with van der Waals surface area (Å²) in [5.41, 5.74) is 0.722. The maximum absolute atomic E-state index is 13.4. The van der Waals surface area contributed by atoms with E-state index in [2.05, 4.69) is 5.32 Å².